The monoisotopic (exact) mass is 406 g/mol. The van der Waals surface area contributed by atoms with Gasteiger partial charge >= 0.3 is 0 Å². The maximum atomic E-state index is 13.8. The first-order chi connectivity index (χ1) is 14.6. The first kappa shape index (κ1) is 19.7. The molecule has 0 atom stereocenters. The third-order valence-electron chi connectivity index (χ3n) is 4.58. The zero-order valence-electron chi connectivity index (χ0n) is 16.6. The molecule has 5 nitrogen and oxygen atoms in total. The van der Waals surface area contributed by atoms with Crippen LogP contribution in [0.3, 0.4) is 0 Å². The van der Waals surface area contributed by atoms with Gasteiger partial charge in [0.1, 0.15) is 28.7 Å². The van der Waals surface area contributed by atoms with Crippen molar-refractivity contribution in [1.29, 1.82) is 0 Å². The number of hydrogen-bond acceptors (Lipinski definition) is 5. The normalized spacial score (nSPS) is 10.9. The van der Waals surface area contributed by atoms with E-state index in [4.69, 9.17) is 9.72 Å². The van der Waals surface area contributed by atoms with E-state index in [1.165, 1.54) is 12.1 Å². The number of pyridine rings is 1. The number of fused-ring (bicyclic) bond motifs is 1. The van der Waals surface area contributed by atoms with Crippen molar-refractivity contribution in [3.8, 4) is 28.3 Å². The molecule has 0 unspecified atom stereocenters. The molecular formula is C23H20F2N4O. The van der Waals surface area contributed by atoms with Crippen molar-refractivity contribution >= 4 is 16.7 Å². The van der Waals surface area contributed by atoms with Crippen LogP contribution in [0, 0.1) is 11.6 Å². The molecule has 0 aliphatic rings. The number of hydrogen-bond donors (Lipinski definition) is 1. The summed E-state index contributed by atoms with van der Waals surface area (Å²) in [7, 11) is 1.76. The average molecular weight is 406 g/mol. The highest BCUT2D eigenvalue weighted by molar-refractivity contribution is 5.97. The number of benzene rings is 2. The highest BCUT2D eigenvalue weighted by Gasteiger charge is 2.16. The number of anilines is 1. The Hall–Kier alpha value is -3.61. The molecule has 0 spiro atoms. The summed E-state index contributed by atoms with van der Waals surface area (Å²) in [5, 5.41) is 3.78. The molecule has 1 N–H and O–H groups in total. The molecule has 0 radical (unpaired) electrons. The molecule has 2 aromatic heterocycles. The molecule has 0 aliphatic heterocycles. The van der Waals surface area contributed by atoms with Gasteiger partial charge in [0, 0.05) is 36.5 Å². The third kappa shape index (κ3) is 3.91. The Morgan fingerprint density at radius 3 is 2.40 bits per heavy atom. The lowest BCUT2D eigenvalue weighted by atomic mass is 10.0. The Kier molecular flexibility index (Phi) is 5.52. The van der Waals surface area contributed by atoms with E-state index in [2.05, 4.69) is 15.3 Å². The Morgan fingerprint density at radius 1 is 0.967 bits per heavy atom. The summed E-state index contributed by atoms with van der Waals surface area (Å²) in [5.41, 5.74) is 2.41. The van der Waals surface area contributed by atoms with Crippen molar-refractivity contribution in [3.63, 3.8) is 0 Å². The van der Waals surface area contributed by atoms with Crippen molar-refractivity contribution in [3.05, 3.63) is 66.5 Å². The molecular weight excluding hydrogens is 386 g/mol. The lowest BCUT2D eigenvalue weighted by Gasteiger charge is -2.15. The van der Waals surface area contributed by atoms with Crippen molar-refractivity contribution < 1.29 is 13.5 Å². The van der Waals surface area contributed by atoms with Crippen LogP contribution in [0.15, 0.2) is 54.9 Å². The number of nitrogens with one attached hydrogen (secondary N) is 1. The lowest BCUT2D eigenvalue weighted by Crippen LogP contribution is -2.03. The number of halogens is 2. The van der Waals surface area contributed by atoms with Crippen molar-refractivity contribution in [2.24, 2.45) is 0 Å². The molecule has 0 saturated heterocycles. The Bertz CT molecular complexity index is 1180. The molecule has 30 heavy (non-hydrogen) atoms. The second-order valence-corrected chi connectivity index (χ2v) is 6.76. The van der Waals surface area contributed by atoms with E-state index in [-0.39, 0.29) is 0 Å². The second-order valence-electron chi connectivity index (χ2n) is 6.76. The maximum Gasteiger partial charge on any atom is 0.163 e. The van der Waals surface area contributed by atoms with Crippen LogP contribution < -0.4 is 10.1 Å². The number of nitrogens with zero attached hydrogens (tertiary/aromatic N) is 3. The fourth-order valence-corrected chi connectivity index (χ4v) is 3.22. The summed E-state index contributed by atoms with van der Waals surface area (Å²) < 4.78 is 33.6. The first-order valence-electron chi connectivity index (χ1n) is 9.62. The van der Waals surface area contributed by atoms with Gasteiger partial charge in [-0.15, -0.1) is 0 Å². The summed E-state index contributed by atoms with van der Waals surface area (Å²) in [6, 6.07) is 10.7. The minimum atomic E-state index is -0.641. The van der Waals surface area contributed by atoms with Gasteiger partial charge in [0.25, 0.3) is 0 Å². The summed E-state index contributed by atoms with van der Waals surface area (Å²) in [4.78, 5) is 13.5. The van der Waals surface area contributed by atoms with Crippen LogP contribution in [0.4, 0.5) is 14.6 Å². The second kappa shape index (κ2) is 8.41. The minimum Gasteiger partial charge on any atom is -0.491 e. The van der Waals surface area contributed by atoms with Gasteiger partial charge in [-0.25, -0.2) is 18.7 Å². The zero-order chi connectivity index (χ0) is 21.1. The average Bonchev–Trinajstić information content (AvgIpc) is 2.76. The fraction of sp³-hybridized carbons (Fsp3) is 0.174. The fourth-order valence-electron chi connectivity index (χ4n) is 3.22. The summed E-state index contributed by atoms with van der Waals surface area (Å²) in [6.45, 7) is 2.49. The van der Waals surface area contributed by atoms with E-state index in [1.807, 2.05) is 19.1 Å². The number of ether oxygens (including phenoxy) is 1. The van der Waals surface area contributed by atoms with Crippen LogP contribution in [0.25, 0.3) is 33.4 Å². The Labute approximate surface area is 172 Å². The van der Waals surface area contributed by atoms with Crippen molar-refractivity contribution in [1.82, 2.24) is 15.0 Å². The largest absolute Gasteiger partial charge is 0.491 e. The molecule has 4 rings (SSSR count). The Morgan fingerprint density at radius 2 is 1.73 bits per heavy atom. The standard InChI is InChI=1S/C23H20F2N4O/c1-3-7-30-20-11-16(15-8-17(24)12-18(25)9-15)10-19-21(20)28-22(29-23(19)26-2)14-5-4-6-27-13-14/h4-6,8-13H,3,7H2,1-2H3,(H,26,28,29). The molecule has 0 saturated carbocycles. The van der Waals surface area contributed by atoms with Gasteiger partial charge in [-0.1, -0.05) is 6.92 Å². The van der Waals surface area contributed by atoms with Crippen LogP contribution in [0.5, 0.6) is 5.75 Å². The highest BCUT2D eigenvalue weighted by Crippen LogP contribution is 2.36. The van der Waals surface area contributed by atoms with Crippen LogP contribution in [-0.2, 0) is 0 Å². The molecule has 0 aliphatic carbocycles. The van der Waals surface area contributed by atoms with Crippen LogP contribution >= 0.6 is 0 Å². The molecule has 0 amide bonds. The van der Waals surface area contributed by atoms with Gasteiger partial charge in [0.15, 0.2) is 5.82 Å². The maximum absolute atomic E-state index is 13.8. The van der Waals surface area contributed by atoms with Crippen molar-refractivity contribution in [2.75, 3.05) is 19.0 Å². The van der Waals surface area contributed by atoms with E-state index < -0.39 is 11.6 Å². The SMILES string of the molecule is CCCOc1cc(-c2cc(F)cc(F)c2)cc2c(NC)nc(-c3cccnc3)nc12. The van der Waals surface area contributed by atoms with Gasteiger partial charge in [-0.3, -0.25) is 4.98 Å². The topological polar surface area (TPSA) is 59.9 Å². The quantitative estimate of drug-likeness (QED) is 0.460. The predicted molar refractivity (Wildman–Crippen MR) is 113 cm³/mol. The van der Waals surface area contributed by atoms with Crippen LogP contribution in [0.1, 0.15) is 13.3 Å². The van der Waals surface area contributed by atoms with E-state index in [0.29, 0.717) is 46.0 Å². The van der Waals surface area contributed by atoms with Gasteiger partial charge in [0.05, 0.1) is 6.61 Å². The van der Waals surface area contributed by atoms with E-state index in [1.54, 1.807) is 31.6 Å². The third-order valence-corrected chi connectivity index (χ3v) is 4.58. The highest BCUT2D eigenvalue weighted by atomic mass is 19.1. The minimum absolute atomic E-state index is 0.411. The molecule has 4 aromatic rings. The summed E-state index contributed by atoms with van der Waals surface area (Å²) in [5.74, 6) is 0.333. The summed E-state index contributed by atoms with van der Waals surface area (Å²) >= 11 is 0. The van der Waals surface area contributed by atoms with Gasteiger partial charge < -0.3 is 10.1 Å². The smallest absolute Gasteiger partial charge is 0.163 e. The Balaban J connectivity index is 1.97. The molecule has 7 heteroatoms. The van der Waals surface area contributed by atoms with Crippen LogP contribution in [0.2, 0.25) is 0 Å². The van der Waals surface area contributed by atoms with Gasteiger partial charge in [-0.05, 0) is 53.9 Å². The van der Waals surface area contributed by atoms with Crippen molar-refractivity contribution in [2.45, 2.75) is 13.3 Å². The summed E-state index contributed by atoms with van der Waals surface area (Å²) in [6.07, 6.45) is 4.18. The van der Waals surface area contributed by atoms with E-state index >= 15 is 0 Å². The first-order valence-corrected chi connectivity index (χ1v) is 9.62. The molecule has 152 valence electrons. The zero-order valence-corrected chi connectivity index (χ0v) is 16.6. The predicted octanol–water partition coefficient (Wildman–Crippen LogP) is 5.47. The lowest BCUT2D eigenvalue weighted by molar-refractivity contribution is 0.320. The molecule has 0 fully saturated rings. The van der Waals surface area contributed by atoms with Gasteiger partial charge in [-0.2, -0.15) is 0 Å². The number of rotatable bonds is 6. The molecule has 2 aromatic carbocycles. The van der Waals surface area contributed by atoms with E-state index in [0.717, 1.165) is 18.1 Å². The molecule has 2 heterocycles. The number of aromatic nitrogens is 3. The van der Waals surface area contributed by atoms with Crippen LogP contribution in [-0.4, -0.2) is 28.6 Å². The van der Waals surface area contributed by atoms with Gasteiger partial charge in [0.2, 0.25) is 0 Å². The van der Waals surface area contributed by atoms with E-state index in [9.17, 15) is 8.78 Å². The molecule has 0 bridgehead atoms.